The molecule has 35 heavy (non-hydrogen) atoms. The van der Waals surface area contributed by atoms with Crippen molar-refractivity contribution in [2.24, 2.45) is 0 Å². The van der Waals surface area contributed by atoms with Gasteiger partial charge in [-0.3, -0.25) is 0 Å². The van der Waals surface area contributed by atoms with Gasteiger partial charge in [-0.15, -0.1) is 0 Å². The fourth-order valence-electron chi connectivity index (χ4n) is 4.10. The molecule has 3 aromatic rings. The lowest BCUT2D eigenvalue weighted by Crippen LogP contribution is -2.10. The van der Waals surface area contributed by atoms with E-state index in [4.69, 9.17) is 18.9 Å². The van der Waals surface area contributed by atoms with Gasteiger partial charge >= 0.3 is 0 Å². The van der Waals surface area contributed by atoms with Crippen molar-refractivity contribution in [3.63, 3.8) is 0 Å². The van der Waals surface area contributed by atoms with Gasteiger partial charge in [0.25, 0.3) is 0 Å². The van der Waals surface area contributed by atoms with E-state index in [9.17, 15) is 0 Å². The Morgan fingerprint density at radius 1 is 0.771 bits per heavy atom. The van der Waals surface area contributed by atoms with Gasteiger partial charge in [0.05, 0.1) is 28.4 Å². The molecule has 0 aliphatic rings. The minimum absolute atomic E-state index is 0.0892. The number of hydrogen-bond acceptors (Lipinski definition) is 5. The molecule has 0 saturated heterocycles. The molecule has 5 nitrogen and oxygen atoms in total. The summed E-state index contributed by atoms with van der Waals surface area (Å²) in [6.45, 7) is 8.74. The number of rotatable bonds is 8. The van der Waals surface area contributed by atoms with Gasteiger partial charge in [-0.1, -0.05) is 45.0 Å². The second-order valence-corrected chi connectivity index (χ2v) is 9.46. The van der Waals surface area contributed by atoms with Crippen molar-refractivity contribution in [1.29, 1.82) is 0 Å². The molecular weight excluding hydrogens is 438 g/mol. The summed E-state index contributed by atoms with van der Waals surface area (Å²) in [6, 6.07) is 16.7. The van der Waals surface area contributed by atoms with Crippen LogP contribution in [-0.4, -0.2) is 35.5 Å². The molecule has 0 fully saturated rings. The maximum absolute atomic E-state index is 5.78. The molecule has 0 unspecified atom stereocenters. The van der Waals surface area contributed by atoms with Crippen LogP contribution < -0.4 is 24.3 Å². The van der Waals surface area contributed by atoms with Gasteiger partial charge in [0, 0.05) is 29.9 Å². The number of nitrogens with one attached hydrogen (secondary N) is 1. The van der Waals surface area contributed by atoms with Crippen LogP contribution in [0.4, 0.5) is 5.69 Å². The average molecular weight is 476 g/mol. The van der Waals surface area contributed by atoms with E-state index in [2.05, 4.69) is 69.4 Å². The van der Waals surface area contributed by atoms with Gasteiger partial charge < -0.3 is 24.3 Å². The SMILES string of the molecule is CNc1cc(OC)c(OC)cc1/C=C(\C)c1cc(OC)c(OC)c(-c2ccc(C(C)(C)C)cc2)c1. The van der Waals surface area contributed by atoms with Crippen LogP contribution in [0.25, 0.3) is 22.8 Å². The summed E-state index contributed by atoms with van der Waals surface area (Å²) < 4.78 is 22.5. The average Bonchev–Trinajstić information content (AvgIpc) is 2.86. The Kier molecular flexibility index (Phi) is 8.00. The van der Waals surface area contributed by atoms with E-state index in [1.807, 2.05) is 25.2 Å². The summed E-state index contributed by atoms with van der Waals surface area (Å²) in [5.41, 5.74) is 7.48. The second kappa shape index (κ2) is 10.8. The quantitative estimate of drug-likeness (QED) is 0.347. The van der Waals surface area contributed by atoms with Gasteiger partial charge in [-0.2, -0.15) is 0 Å². The molecule has 5 heteroatoms. The van der Waals surface area contributed by atoms with Crippen LogP contribution in [0.15, 0.2) is 48.5 Å². The summed E-state index contributed by atoms with van der Waals surface area (Å²) in [5, 5.41) is 3.25. The van der Waals surface area contributed by atoms with Crippen LogP contribution in [0.3, 0.4) is 0 Å². The summed E-state index contributed by atoms with van der Waals surface area (Å²) in [7, 11) is 8.51. The third-order valence-electron chi connectivity index (χ3n) is 6.19. The van der Waals surface area contributed by atoms with Crippen molar-refractivity contribution in [2.45, 2.75) is 33.1 Å². The molecule has 3 aromatic carbocycles. The van der Waals surface area contributed by atoms with Gasteiger partial charge in [-0.05, 0) is 58.9 Å². The number of methoxy groups -OCH3 is 4. The Hall–Kier alpha value is -3.60. The fourth-order valence-corrected chi connectivity index (χ4v) is 4.10. The maximum atomic E-state index is 5.78. The van der Waals surface area contributed by atoms with Gasteiger partial charge in [0.1, 0.15) is 0 Å². The van der Waals surface area contributed by atoms with Crippen molar-refractivity contribution in [1.82, 2.24) is 0 Å². The molecule has 0 amide bonds. The summed E-state index contributed by atoms with van der Waals surface area (Å²) in [4.78, 5) is 0. The molecule has 3 rings (SSSR count). The zero-order valence-corrected chi connectivity index (χ0v) is 22.3. The van der Waals surface area contributed by atoms with E-state index in [0.717, 1.165) is 39.3 Å². The zero-order chi connectivity index (χ0) is 25.8. The Labute approximate surface area is 209 Å². The Bertz CT molecular complexity index is 1200. The van der Waals surface area contributed by atoms with Crippen LogP contribution in [0.1, 0.15) is 44.4 Å². The molecule has 186 valence electrons. The summed E-state index contributed by atoms with van der Waals surface area (Å²) in [5.74, 6) is 2.76. The number of benzene rings is 3. The first kappa shape index (κ1) is 26.0. The minimum Gasteiger partial charge on any atom is -0.493 e. The minimum atomic E-state index is 0.0892. The maximum Gasteiger partial charge on any atom is 0.168 e. The van der Waals surface area contributed by atoms with E-state index < -0.39 is 0 Å². The topological polar surface area (TPSA) is 49.0 Å². The molecule has 0 saturated carbocycles. The van der Waals surface area contributed by atoms with E-state index in [1.165, 1.54) is 5.56 Å². The van der Waals surface area contributed by atoms with E-state index in [1.54, 1.807) is 28.4 Å². The molecule has 0 atom stereocenters. The van der Waals surface area contributed by atoms with E-state index >= 15 is 0 Å². The molecule has 0 aliphatic carbocycles. The number of allylic oxidation sites excluding steroid dienone is 1. The number of ether oxygens (including phenoxy) is 4. The summed E-state index contributed by atoms with van der Waals surface area (Å²) in [6.07, 6.45) is 2.13. The number of hydrogen-bond donors (Lipinski definition) is 1. The molecule has 0 radical (unpaired) electrons. The van der Waals surface area contributed by atoms with Crippen LogP contribution in [0.2, 0.25) is 0 Å². The van der Waals surface area contributed by atoms with Gasteiger partial charge in [-0.25, -0.2) is 0 Å². The lowest BCUT2D eigenvalue weighted by molar-refractivity contribution is 0.355. The van der Waals surface area contributed by atoms with Crippen molar-refractivity contribution in [3.05, 3.63) is 65.2 Å². The van der Waals surface area contributed by atoms with Crippen molar-refractivity contribution >= 4 is 17.3 Å². The van der Waals surface area contributed by atoms with Crippen molar-refractivity contribution in [2.75, 3.05) is 40.8 Å². The smallest absolute Gasteiger partial charge is 0.168 e. The lowest BCUT2D eigenvalue weighted by atomic mass is 9.86. The lowest BCUT2D eigenvalue weighted by Gasteiger charge is -2.20. The van der Waals surface area contributed by atoms with Crippen LogP contribution in [-0.2, 0) is 5.41 Å². The predicted octanol–water partition coefficient (Wildman–Crippen LogP) is 7.29. The van der Waals surface area contributed by atoms with Crippen LogP contribution >= 0.6 is 0 Å². The standard InChI is InChI=1S/C30H37NO4/c1-19(14-22-17-26(32-6)27(33-7)18-25(22)31-5)21-15-24(29(35-9)28(16-21)34-8)20-10-12-23(13-11-20)30(2,3)4/h10-18,31H,1-9H3/b19-14+. The van der Waals surface area contributed by atoms with Gasteiger partial charge in [0.15, 0.2) is 23.0 Å². The fraction of sp³-hybridized carbons (Fsp3) is 0.333. The number of anilines is 1. The van der Waals surface area contributed by atoms with E-state index in [-0.39, 0.29) is 5.41 Å². The van der Waals surface area contributed by atoms with Crippen molar-refractivity contribution < 1.29 is 18.9 Å². The third kappa shape index (κ3) is 5.56. The molecule has 1 N–H and O–H groups in total. The Balaban J connectivity index is 2.15. The Morgan fingerprint density at radius 2 is 1.37 bits per heavy atom. The highest BCUT2D eigenvalue weighted by Crippen LogP contribution is 2.42. The second-order valence-electron chi connectivity index (χ2n) is 9.46. The highest BCUT2D eigenvalue weighted by atomic mass is 16.5. The Morgan fingerprint density at radius 3 is 1.89 bits per heavy atom. The molecular formula is C30H37NO4. The molecule has 0 aromatic heterocycles. The normalized spacial score (nSPS) is 11.7. The molecule has 0 spiro atoms. The molecule has 0 heterocycles. The molecule has 0 aliphatic heterocycles. The molecule has 0 bridgehead atoms. The predicted molar refractivity (Wildman–Crippen MR) is 146 cm³/mol. The first-order chi connectivity index (χ1) is 16.7. The first-order valence-electron chi connectivity index (χ1n) is 11.7. The largest absolute Gasteiger partial charge is 0.493 e. The van der Waals surface area contributed by atoms with Crippen LogP contribution in [0.5, 0.6) is 23.0 Å². The monoisotopic (exact) mass is 475 g/mol. The van der Waals surface area contributed by atoms with Crippen molar-refractivity contribution in [3.8, 4) is 34.1 Å². The van der Waals surface area contributed by atoms with Gasteiger partial charge in [0.2, 0.25) is 0 Å². The van der Waals surface area contributed by atoms with Crippen LogP contribution in [0, 0.1) is 0 Å². The van der Waals surface area contributed by atoms with E-state index in [0.29, 0.717) is 17.2 Å². The summed E-state index contributed by atoms with van der Waals surface area (Å²) >= 11 is 0. The first-order valence-corrected chi connectivity index (χ1v) is 11.7. The highest BCUT2D eigenvalue weighted by Gasteiger charge is 2.18. The third-order valence-corrected chi connectivity index (χ3v) is 6.19. The zero-order valence-electron chi connectivity index (χ0n) is 22.3. The highest BCUT2D eigenvalue weighted by molar-refractivity contribution is 5.88.